The third-order valence-electron chi connectivity index (χ3n) is 2.52. The van der Waals surface area contributed by atoms with E-state index in [0.29, 0.717) is 0 Å². The molecule has 2 nitrogen and oxygen atoms in total. The predicted molar refractivity (Wildman–Crippen MR) is 69.3 cm³/mol. The molecular weight excluding hydrogens is 299 g/mol. The van der Waals surface area contributed by atoms with Gasteiger partial charge in [0.05, 0.1) is 24.0 Å². The molecule has 1 atom stereocenters. The fourth-order valence-corrected chi connectivity index (χ4v) is 2.91. The first kappa shape index (κ1) is 14.6. The van der Waals surface area contributed by atoms with Crippen LogP contribution in [0.4, 0.5) is 13.2 Å². The maximum absolute atomic E-state index is 12.7. The van der Waals surface area contributed by atoms with Crippen LogP contribution < -0.4 is 0 Å². The lowest BCUT2D eigenvalue weighted by Gasteiger charge is -2.15. The number of ether oxygens (including phenoxy) is 1. The SMILES string of the molecule is FC(F)(F)C1=CN(Cl)SC1COCc1ccccc1. The Morgan fingerprint density at radius 2 is 1.95 bits per heavy atom. The first-order valence-electron chi connectivity index (χ1n) is 5.49. The number of benzene rings is 1. The van der Waals surface area contributed by atoms with Gasteiger partial charge in [0.1, 0.15) is 0 Å². The molecule has 0 radical (unpaired) electrons. The summed E-state index contributed by atoms with van der Waals surface area (Å²) in [5, 5.41) is -0.818. The van der Waals surface area contributed by atoms with Crippen LogP contribution in [0.1, 0.15) is 5.56 Å². The van der Waals surface area contributed by atoms with Crippen LogP contribution in [0.25, 0.3) is 0 Å². The molecule has 1 aromatic carbocycles. The lowest BCUT2D eigenvalue weighted by Crippen LogP contribution is -2.23. The number of hydrogen-bond acceptors (Lipinski definition) is 3. The van der Waals surface area contributed by atoms with Crippen molar-refractivity contribution >= 4 is 23.7 Å². The van der Waals surface area contributed by atoms with Crippen molar-refractivity contribution in [3.05, 3.63) is 47.7 Å². The average Bonchev–Trinajstić information content (AvgIpc) is 2.72. The zero-order valence-electron chi connectivity index (χ0n) is 9.73. The first-order chi connectivity index (χ1) is 8.97. The summed E-state index contributed by atoms with van der Waals surface area (Å²) in [5.41, 5.74) is 0.256. The molecule has 1 aromatic rings. The zero-order chi connectivity index (χ0) is 13.9. The van der Waals surface area contributed by atoms with Crippen LogP contribution in [0, 0.1) is 0 Å². The molecule has 1 unspecified atom stereocenters. The van der Waals surface area contributed by atoms with Gasteiger partial charge in [0.15, 0.2) is 0 Å². The molecule has 0 aliphatic carbocycles. The van der Waals surface area contributed by atoms with Crippen molar-refractivity contribution in [1.29, 1.82) is 0 Å². The van der Waals surface area contributed by atoms with Gasteiger partial charge in [-0.15, -0.1) is 0 Å². The van der Waals surface area contributed by atoms with E-state index < -0.39 is 17.0 Å². The zero-order valence-corrected chi connectivity index (χ0v) is 11.3. The molecule has 0 fully saturated rings. The summed E-state index contributed by atoms with van der Waals surface area (Å²) in [6.07, 6.45) is -3.49. The Kier molecular flexibility index (Phi) is 4.65. The van der Waals surface area contributed by atoms with E-state index in [2.05, 4.69) is 0 Å². The van der Waals surface area contributed by atoms with Crippen molar-refractivity contribution < 1.29 is 17.9 Å². The summed E-state index contributed by atoms with van der Waals surface area (Å²) in [4.78, 5) is 0. The lowest BCUT2D eigenvalue weighted by molar-refractivity contribution is -0.0950. The third-order valence-corrected chi connectivity index (χ3v) is 3.81. The van der Waals surface area contributed by atoms with Crippen LogP contribution in [0.3, 0.4) is 0 Å². The molecule has 0 N–H and O–H groups in total. The van der Waals surface area contributed by atoms with E-state index in [-0.39, 0.29) is 13.2 Å². The minimum atomic E-state index is -4.38. The normalized spacial score (nSPS) is 19.7. The molecule has 0 aromatic heterocycles. The van der Waals surface area contributed by atoms with Crippen LogP contribution in [0.5, 0.6) is 0 Å². The Morgan fingerprint density at radius 1 is 1.26 bits per heavy atom. The Hall–Kier alpha value is -0.850. The summed E-state index contributed by atoms with van der Waals surface area (Å²) in [5.74, 6) is 0. The minimum absolute atomic E-state index is 0.0336. The first-order valence-corrected chi connectivity index (χ1v) is 6.66. The van der Waals surface area contributed by atoms with Crippen LogP contribution in [-0.4, -0.2) is 21.9 Å². The van der Waals surface area contributed by atoms with Gasteiger partial charge in [-0.3, -0.25) is 0 Å². The van der Waals surface area contributed by atoms with Crippen LogP contribution in [0.2, 0.25) is 0 Å². The lowest BCUT2D eigenvalue weighted by atomic mass is 10.2. The van der Waals surface area contributed by atoms with Crippen molar-refractivity contribution in [2.24, 2.45) is 0 Å². The number of hydrogen-bond donors (Lipinski definition) is 0. The summed E-state index contributed by atoms with van der Waals surface area (Å²) in [6, 6.07) is 9.29. The minimum Gasteiger partial charge on any atom is -0.375 e. The quantitative estimate of drug-likeness (QED) is 0.613. The molecule has 0 spiro atoms. The highest BCUT2D eigenvalue weighted by molar-refractivity contribution is 7.99. The molecule has 0 bridgehead atoms. The van der Waals surface area contributed by atoms with Crippen molar-refractivity contribution in [1.82, 2.24) is 3.82 Å². The second-order valence-electron chi connectivity index (χ2n) is 3.95. The predicted octanol–water partition coefficient (Wildman–Crippen LogP) is 4.14. The van der Waals surface area contributed by atoms with Gasteiger partial charge in [0.2, 0.25) is 0 Å². The largest absolute Gasteiger partial charge is 0.415 e. The van der Waals surface area contributed by atoms with Gasteiger partial charge in [-0.1, -0.05) is 30.3 Å². The molecular formula is C12H11ClF3NOS. The fourth-order valence-electron chi connectivity index (χ4n) is 1.64. The molecule has 1 aliphatic rings. The summed E-state index contributed by atoms with van der Waals surface area (Å²) < 4.78 is 44.4. The maximum Gasteiger partial charge on any atom is 0.415 e. The Labute approximate surface area is 118 Å². The van der Waals surface area contributed by atoms with Gasteiger partial charge < -0.3 is 4.74 Å². The fraction of sp³-hybridized carbons (Fsp3) is 0.333. The Bertz CT molecular complexity index is 452. The Morgan fingerprint density at radius 3 is 2.58 bits per heavy atom. The summed E-state index contributed by atoms with van der Waals surface area (Å²) >= 11 is 6.46. The second-order valence-corrected chi connectivity index (χ2v) is 5.69. The smallest absolute Gasteiger partial charge is 0.375 e. The van der Waals surface area contributed by atoms with E-state index in [1.165, 1.54) is 0 Å². The van der Waals surface area contributed by atoms with Gasteiger partial charge in [-0.05, 0) is 17.5 Å². The third kappa shape index (κ3) is 4.06. The molecule has 0 saturated heterocycles. The topological polar surface area (TPSA) is 12.5 Å². The van der Waals surface area contributed by atoms with Gasteiger partial charge in [-0.2, -0.15) is 13.2 Å². The van der Waals surface area contributed by atoms with E-state index in [0.717, 1.165) is 27.5 Å². The molecule has 104 valence electrons. The highest BCUT2D eigenvalue weighted by atomic mass is 35.5. The van der Waals surface area contributed by atoms with Crippen LogP contribution in [0.15, 0.2) is 42.1 Å². The van der Waals surface area contributed by atoms with Crippen molar-refractivity contribution in [2.45, 2.75) is 18.0 Å². The standard InChI is InChI=1S/C12H11ClF3NOS/c13-17-6-10(12(14,15)16)11(19-17)8-18-7-9-4-2-1-3-5-9/h1-6,11H,7-8H2. The van der Waals surface area contributed by atoms with E-state index in [1.54, 1.807) is 0 Å². The van der Waals surface area contributed by atoms with E-state index in [1.807, 2.05) is 30.3 Å². The monoisotopic (exact) mass is 309 g/mol. The number of rotatable bonds is 4. The van der Waals surface area contributed by atoms with Crippen LogP contribution >= 0.6 is 23.7 Å². The molecule has 7 heteroatoms. The molecule has 0 amide bonds. The van der Waals surface area contributed by atoms with Gasteiger partial charge in [-0.25, -0.2) is 3.82 Å². The average molecular weight is 310 g/mol. The van der Waals surface area contributed by atoms with Gasteiger partial charge in [0, 0.05) is 18.0 Å². The van der Waals surface area contributed by atoms with E-state index >= 15 is 0 Å². The summed E-state index contributed by atoms with van der Waals surface area (Å²) in [7, 11) is 0. The Balaban J connectivity index is 1.88. The molecule has 1 heterocycles. The van der Waals surface area contributed by atoms with Crippen molar-refractivity contribution in [3.8, 4) is 0 Å². The number of alkyl halides is 3. The van der Waals surface area contributed by atoms with E-state index in [9.17, 15) is 13.2 Å². The number of nitrogens with zero attached hydrogens (tertiary/aromatic N) is 1. The van der Waals surface area contributed by atoms with Crippen molar-refractivity contribution in [3.63, 3.8) is 0 Å². The van der Waals surface area contributed by atoms with Crippen LogP contribution in [-0.2, 0) is 11.3 Å². The van der Waals surface area contributed by atoms with Gasteiger partial charge >= 0.3 is 6.18 Å². The van der Waals surface area contributed by atoms with Crippen molar-refractivity contribution in [2.75, 3.05) is 6.61 Å². The highest BCUT2D eigenvalue weighted by Crippen LogP contribution is 2.42. The molecule has 1 aliphatic heterocycles. The highest BCUT2D eigenvalue weighted by Gasteiger charge is 2.43. The summed E-state index contributed by atoms with van der Waals surface area (Å²) in [6.45, 7) is 0.249. The van der Waals surface area contributed by atoms with Gasteiger partial charge in [0.25, 0.3) is 0 Å². The number of halogens is 4. The second kappa shape index (κ2) is 6.07. The molecule has 2 rings (SSSR count). The maximum atomic E-state index is 12.7. The van der Waals surface area contributed by atoms with E-state index in [4.69, 9.17) is 16.5 Å². The molecule has 0 saturated carbocycles. The molecule has 19 heavy (non-hydrogen) atoms.